The summed E-state index contributed by atoms with van der Waals surface area (Å²) in [6.07, 6.45) is 3.85. The van der Waals surface area contributed by atoms with Crippen molar-refractivity contribution >= 4 is 17.5 Å². The summed E-state index contributed by atoms with van der Waals surface area (Å²) in [5.41, 5.74) is 5.06. The number of fused-ring (bicyclic) bond motifs is 2. The molecule has 1 aliphatic carbocycles. The number of amides is 1. The first-order valence-electron chi connectivity index (χ1n) is 9.70. The molecule has 1 aliphatic heterocycles. The van der Waals surface area contributed by atoms with Gasteiger partial charge in [-0.25, -0.2) is 0 Å². The number of rotatable bonds is 1. The Morgan fingerprint density at radius 2 is 1.81 bits per heavy atom. The van der Waals surface area contributed by atoms with Crippen molar-refractivity contribution in [3.8, 4) is 0 Å². The minimum Gasteiger partial charge on any atom is -0.335 e. The van der Waals surface area contributed by atoms with E-state index < -0.39 is 0 Å². The second-order valence-corrected chi connectivity index (χ2v) is 8.31. The summed E-state index contributed by atoms with van der Waals surface area (Å²) in [7, 11) is 0. The predicted octanol–water partition coefficient (Wildman–Crippen LogP) is 3.86. The Hall–Kier alpha value is -1.91. The molecule has 1 unspecified atom stereocenters. The molecular formula is C22H26ClN3O. The van der Waals surface area contributed by atoms with Crippen LogP contribution in [0.3, 0.4) is 0 Å². The number of nitrogens with zero attached hydrogens (tertiary/aromatic N) is 3. The van der Waals surface area contributed by atoms with E-state index in [1.807, 2.05) is 23.2 Å². The van der Waals surface area contributed by atoms with Gasteiger partial charge in [-0.15, -0.1) is 0 Å². The molecule has 4 nitrogen and oxygen atoms in total. The van der Waals surface area contributed by atoms with Gasteiger partial charge in [0.25, 0.3) is 0 Å². The zero-order valence-corrected chi connectivity index (χ0v) is 16.9. The summed E-state index contributed by atoms with van der Waals surface area (Å²) in [6.45, 7) is 7.63. The standard InChI is InChI=1S/C22H26ClN3O/c1-14-12-25(13-15(2)26(14)16(3)27)22-20-9-8-19(23)11-18(20)7-6-17-5-4-10-24-21(17)22/h4-5,8-11,14-15,22H,6-7,12-13H2,1-3H3/t14-,15+,22?. The molecule has 1 aromatic heterocycles. The van der Waals surface area contributed by atoms with Gasteiger partial charge in [0.1, 0.15) is 0 Å². The average Bonchev–Trinajstić information content (AvgIpc) is 2.77. The van der Waals surface area contributed by atoms with Crippen molar-refractivity contribution in [1.29, 1.82) is 0 Å². The molecule has 2 heterocycles. The topological polar surface area (TPSA) is 36.4 Å². The van der Waals surface area contributed by atoms with Crippen LogP contribution < -0.4 is 0 Å². The summed E-state index contributed by atoms with van der Waals surface area (Å²) < 4.78 is 0. The van der Waals surface area contributed by atoms with Crippen molar-refractivity contribution in [3.63, 3.8) is 0 Å². The number of hydrogen-bond donors (Lipinski definition) is 0. The molecule has 142 valence electrons. The van der Waals surface area contributed by atoms with E-state index in [-0.39, 0.29) is 24.0 Å². The SMILES string of the molecule is CC(=O)N1[C@H](C)CN(C2c3ccc(Cl)cc3CCc3cccnc32)C[C@@H]1C. The van der Waals surface area contributed by atoms with E-state index in [4.69, 9.17) is 16.6 Å². The third-order valence-corrected chi connectivity index (χ3v) is 6.16. The number of carbonyl (C=O) groups excluding carboxylic acids is 1. The number of hydrogen-bond acceptors (Lipinski definition) is 3. The van der Waals surface area contributed by atoms with Crippen LogP contribution in [0.15, 0.2) is 36.5 Å². The van der Waals surface area contributed by atoms with E-state index in [1.54, 1.807) is 6.92 Å². The minimum absolute atomic E-state index is 0.106. The van der Waals surface area contributed by atoms with E-state index in [2.05, 4.69) is 36.9 Å². The number of halogens is 1. The maximum atomic E-state index is 12.1. The Morgan fingerprint density at radius 3 is 2.52 bits per heavy atom. The van der Waals surface area contributed by atoms with Crippen LogP contribution in [0.4, 0.5) is 0 Å². The lowest BCUT2D eigenvalue weighted by molar-refractivity contribution is -0.137. The number of aryl methyl sites for hydroxylation is 2. The monoisotopic (exact) mass is 383 g/mol. The predicted molar refractivity (Wildman–Crippen MR) is 108 cm³/mol. The number of pyridine rings is 1. The van der Waals surface area contributed by atoms with Crippen LogP contribution in [0, 0.1) is 0 Å². The van der Waals surface area contributed by atoms with Crippen molar-refractivity contribution in [1.82, 2.24) is 14.8 Å². The van der Waals surface area contributed by atoms with E-state index >= 15 is 0 Å². The number of benzene rings is 1. The smallest absolute Gasteiger partial charge is 0.220 e. The number of piperazine rings is 1. The Morgan fingerprint density at radius 1 is 1.11 bits per heavy atom. The lowest BCUT2D eigenvalue weighted by atomic mass is 9.94. The molecule has 2 aromatic rings. The Bertz CT molecular complexity index is 856. The minimum atomic E-state index is 0.106. The van der Waals surface area contributed by atoms with Crippen LogP contribution in [-0.4, -0.2) is 45.9 Å². The van der Waals surface area contributed by atoms with E-state index in [1.165, 1.54) is 16.7 Å². The lowest BCUT2D eigenvalue weighted by Crippen LogP contribution is -2.58. The average molecular weight is 384 g/mol. The van der Waals surface area contributed by atoms with Gasteiger partial charge in [-0.3, -0.25) is 14.7 Å². The Balaban J connectivity index is 1.79. The van der Waals surface area contributed by atoms with Gasteiger partial charge >= 0.3 is 0 Å². The summed E-state index contributed by atoms with van der Waals surface area (Å²) >= 11 is 6.30. The fourth-order valence-electron chi connectivity index (χ4n) is 4.95. The third kappa shape index (κ3) is 3.37. The summed E-state index contributed by atoms with van der Waals surface area (Å²) in [6, 6.07) is 10.9. The van der Waals surface area contributed by atoms with Crippen LogP contribution in [-0.2, 0) is 17.6 Å². The Kier molecular flexibility index (Phi) is 4.95. The third-order valence-electron chi connectivity index (χ3n) is 5.92. The fraction of sp³-hybridized carbons (Fsp3) is 0.455. The number of aromatic nitrogens is 1. The van der Waals surface area contributed by atoms with Crippen LogP contribution in [0.2, 0.25) is 5.02 Å². The highest BCUT2D eigenvalue weighted by Crippen LogP contribution is 2.38. The van der Waals surface area contributed by atoms with Gasteiger partial charge in [-0.2, -0.15) is 0 Å². The first-order valence-corrected chi connectivity index (χ1v) is 10.1. The second kappa shape index (κ2) is 7.25. The van der Waals surface area contributed by atoms with Crippen molar-refractivity contribution < 1.29 is 4.79 Å². The van der Waals surface area contributed by atoms with Crippen LogP contribution in [0.25, 0.3) is 0 Å². The van der Waals surface area contributed by atoms with Crippen molar-refractivity contribution in [3.05, 3.63) is 63.9 Å². The molecule has 0 N–H and O–H groups in total. The lowest BCUT2D eigenvalue weighted by Gasteiger charge is -2.47. The first-order chi connectivity index (χ1) is 13.0. The van der Waals surface area contributed by atoms with Gasteiger partial charge in [-0.1, -0.05) is 23.7 Å². The van der Waals surface area contributed by atoms with Gasteiger partial charge in [0.2, 0.25) is 5.91 Å². The molecule has 0 spiro atoms. The van der Waals surface area contributed by atoms with E-state index in [9.17, 15) is 4.79 Å². The van der Waals surface area contributed by atoms with Crippen LogP contribution >= 0.6 is 11.6 Å². The molecule has 0 saturated carbocycles. The van der Waals surface area contributed by atoms with Gasteiger partial charge in [0.15, 0.2) is 0 Å². The van der Waals surface area contributed by atoms with Gasteiger partial charge in [0.05, 0.1) is 11.7 Å². The van der Waals surface area contributed by atoms with Gasteiger partial charge in [0, 0.05) is 43.3 Å². The molecule has 0 radical (unpaired) electrons. The molecule has 4 rings (SSSR count). The second-order valence-electron chi connectivity index (χ2n) is 7.87. The van der Waals surface area contributed by atoms with E-state index in [0.717, 1.165) is 36.6 Å². The first kappa shape index (κ1) is 18.5. The number of carbonyl (C=O) groups is 1. The molecule has 2 aliphatic rings. The summed E-state index contributed by atoms with van der Waals surface area (Å²) in [4.78, 5) is 21.4. The summed E-state index contributed by atoms with van der Waals surface area (Å²) in [5.74, 6) is 0.154. The van der Waals surface area contributed by atoms with Crippen molar-refractivity contribution in [2.45, 2.75) is 51.7 Å². The van der Waals surface area contributed by atoms with Crippen molar-refractivity contribution in [2.75, 3.05) is 13.1 Å². The molecule has 1 amide bonds. The Labute approximate surface area is 166 Å². The van der Waals surface area contributed by atoms with Gasteiger partial charge < -0.3 is 4.90 Å². The molecule has 1 saturated heterocycles. The maximum Gasteiger partial charge on any atom is 0.220 e. The molecule has 27 heavy (non-hydrogen) atoms. The highest BCUT2D eigenvalue weighted by Gasteiger charge is 2.37. The van der Waals surface area contributed by atoms with Crippen LogP contribution in [0.5, 0.6) is 0 Å². The molecule has 1 aromatic carbocycles. The molecule has 1 fully saturated rings. The fourth-order valence-corrected chi connectivity index (χ4v) is 5.14. The van der Waals surface area contributed by atoms with E-state index in [0.29, 0.717) is 0 Å². The zero-order chi connectivity index (χ0) is 19.1. The molecule has 0 bridgehead atoms. The quantitative estimate of drug-likeness (QED) is 0.750. The highest BCUT2D eigenvalue weighted by molar-refractivity contribution is 6.30. The largest absolute Gasteiger partial charge is 0.335 e. The molecule has 3 atom stereocenters. The summed E-state index contributed by atoms with van der Waals surface area (Å²) in [5, 5.41) is 0.787. The molecular weight excluding hydrogens is 358 g/mol. The zero-order valence-electron chi connectivity index (χ0n) is 16.2. The molecule has 5 heteroatoms. The maximum absolute atomic E-state index is 12.1. The van der Waals surface area contributed by atoms with Gasteiger partial charge in [-0.05, 0) is 61.6 Å². The van der Waals surface area contributed by atoms with Crippen molar-refractivity contribution in [2.24, 2.45) is 0 Å². The highest BCUT2D eigenvalue weighted by atomic mass is 35.5. The normalized spacial score (nSPS) is 25.5. The van der Waals surface area contributed by atoms with Crippen LogP contribution in [0.1, 0.15) is 49.2 Å².